The van der Waals surface area contributed by atoms with E-state index in [4.69, 9.17) is 4.98 Å². The average molecular weight is 480 g/mol. The highest BCUT2D eigenvalue weighted by molar-refractivity contribution is 5.87. The summed E-state index contributed by atoms with van der Waals surface area (Å²) in [4.78, 5) is 38.9. The molecule has 2 aliphatic rings. The second kappa shape index (κ2) is 9.57. The third-order valence-electron chi connectivity index (χ3n) is 7.48. The van der Waals surface area contributed by atoms with Crippen molar-refractivity contribution in [1.29, 1.82) is 0 Å². The number of fused-ring (bicyclic) bond motifs is 1. The second-order valence-corrected chi connectivity index (χ2v) is 9.71. The summed E-state index contributed by atoms with van der Waals surface area (Å²) in [5.41, 5.74) is 4.07. The number of rotatable bonds is 5. The summed E-state index contributed by atoms with van der Waals surface area (Å²) < 4.78 is 2.30. The van der Waals surface area contributed by atoms with Crippen LogP contribution in [0, 0.1) is 0 Å². The summed E-state index contributed by atoms with van der Waals surface area (Å²) in [6.07, 6.45) is 3.95. The van der Waals surface area contributed by atoms with Crippen LogP contribution < -0.4 is 0 Å². The van der Waals surface area contributed by atoms with Gasteiger partial charge in [-0.1, -0.05) is 48.5 Å². The van der Waals surface area contributed by atoms with Crippen molar-refractivity contribution in [2.75, 3.05) is 26.2 Å². The van der Waals surface area contributed by atoms with E-state index in [1.807, 2.05) is 59.5 Å². The number of hydrogen-bond donors (Lipinski definition) is 0. The molecule has 1 atom stereocenters. The fourth-order valence-corrected chi connectivity index (χ4v) is 5.60. The molecule has 2 saturated heterocycles. The maximum absolute atomic E-state index is 13.1. The lowest BCUT2D eigenvalue weighted by Gasteiger charge is -2.34. The molecule has 2 amide bonds. The molecule has 0 saturated carbocycles. The number of para-hydroxylation sites is 2. The van der Waals surface area contributed by atoms with Crippen molar-refractivity contribution in [2.45, 2.75) is 31.2 Å². The summed E-state index contributed by atoms with van der Waals surface area (Å²) in [5.74, 6) is 1.14. The van der Waals surface area contributed by atoms with Crippen LogP contribution in [-0.2, 0) is 9.59 Å². The van der Waals surface area contributed by atoms with E-state index < -0.39 is 0 Å². The molecule has 4 aromatic rings. The van der Waals surface area contributed by atoms with Crippen molar-refractivity contribution in [2.24, 2.45) is 0 Å². The van der Waals surface area contributed by atoms with E-state index in [1.54, 1.807) is 11.1 Å². The summed E-state index contributed by atoms with van der Waals surface area (Å²) in [6.45, 7) is 2.11. The molecule has 7 heteroatoms. The van der Waals surface area contributed by atoms with Crippen LogP contribution in [0.2, 0.25) is 0 Å². The molecule has 2 fully saturated rings. The normalized spacial score (nSPS) is 18.8. The maximum atomic E-state index is 13.1. The highest BCUT2D eigenvalue weighted by Gasteiger charge is 2.34. The Labute approximate surface area is 210 Å². The summed E-state index contributed by atoms with van der Waals surface area (Å²) in [6, 6.07) is 24.4. The number of likely N-dealkylation sites (tertiary alicyclic amines) is 2. The first kappa shape index (κ1) is 22.5. The van der Waals surface area contributed by atoms with Gasteiger partial charge in [0.2, 0.25) is 11.8 Å². The third-order valence-corrected chi connectivity index (χ3v) is 7.48. The molecule has 2 aliphatic heterocycles. The molecule has 36 heavy (non-hydrogen) atoms. The predicted molar refractivity (Wildman–Crippen MR) is 138 cm³/mol. The number of imidazole rings is 1. The minimum atomic E-state index is 0.0379. The standard InChI is InChI=1S/C29H29N5O2/c35-27-18-22(21-8-2-1-3-9-21)19-33(27)20-28(36)32-16-13-23(14-17-32)34-26-12-5-4-10-24(26)31-29(34)25-11-6-7-15-30-25/h1-12,15,22-23H,13-14,16-20H2. The number of piperidine rings is 1. The highest BCUT2D eigenvalue weighted by atomic mass is 16.2. The van der Waals surface area contributed by atoms with Crippen LogP contribution in [0.15, 0.2) is 79.0 Å². The number of pyridine rings is 1. The highest BCUT2D eigenvalue weighted by Crippen LogP contribution is 2.33. The lowest BCUT2D eigenvalue weighted by Crippen LogP contribution is -2.44. The molecule has 0 aliphatic carbocycles. The molecule has 6 rings (SSSR count). The van der Waals surface area contributed by atoms with Gasteiger partial charge in [0.05, 0.1) is 17.6 Å². The fourth-order valence-electron chi connectivity index (χ4n) is 5.60. The van der Waals surface area contributed by atoms with Crippen LogP contribution in [0.3, 0.4) is 0 Å². The van der Waals surface area contributed by atoms with Gasteiger partial charge in [-0.05, 0) is 42.7 Å². The van der Waals surface area contributed by atoms with E-state index in [0.717, 1.165) is 41.0 Å². The number of hydrogen-bond acceptors (Lipinski definition) is 4. The molecule has 7 nitrogen and oxygen atoms in total. The van der Waals surface area contributed by atoms with Crippen LogP contribution in [0.4, 0.5) is 0 Å². The summed E-state index contributed by atoms with van der Waals surface area (Å²) in [7, 11) is 0. The van der Waals surface area contributed by atoms with Crippen molar-refractivity contribution >= 4 is 22.8 Å². The van der Waals surface area contributed by atoms with E-state index >= 15 is 0 Å². The van der Waals surface area contributed by atoms with Gasteiger partial charge < -0.3 is 14.4 Å². The zero-order valence-electron chi connectivity index (χ0n) is 20.2. The Morgan fingerprint density at radius 3 is 2.44 bits per heavy atom. The Balaban J connectivity index is 1.14. The Hall–Kier alpha value is -4.00. The Bertz CT molecular complexity index is 1380. The quantitative estimate of drug-likeness (QED) is 0.428. The zero-order valence-corrected chi connectivity index (χ0v) is 20.2. The fraction of sp³-hybridized carbons (Fsp3) is 0.310. The topological polar surface area (TPSA) is 71.3 Å². The van der Waals surface area contributed by atoms with E-state index in [0.29, 0.717) is 26.1 Å². The van der Waals surface area contributed by atoms with Crippen LogP contribution in [0.25, 0.3) is 22.6 Å². The number of benzene rings is 2. The van der Waals surface area contributed by atoms with E-state index in [2.05, 4.69) is 27.8 Å². The zero-order chi connectivity index (χ0) is 24.5. The van der Waals surface area contributed by atoms with Gasteiger partial charge in [-0.2, -0.15) is 0 Å². The largest absolute Gasteiger partial charge is 0.341 e. The number of aromatic nitrogens is 3. The smallest absolute Gasteiger partial charge is 0.242 e. The van der Waals surface area contributed by atoms with Gasteiger partial charge in [-0.15, -0.1) is 0 Å². The first-order valence-electron chi connectivity index (χ1n) is 12.7. The van der Waals surface area contributed by atoms with Gasteiger partial charge in [0.15, 0.2) is 5.82 Å². The van der Waals surface area contributed by atoms with Crippen molar-refractivity contribution < 1.29 is 9.59 Å². The Morgan fingerprint density at radius 2 is 1.67 bits per heavy atom. The van der Waals surface area contributed by atoms with Gasteiger partial charge >= 0.3 is 0 Å². The first-order valence-corrected chi connectivity index (χ1v) is 12.7. The molecule has 0 bridgehead atoms. The number of amides is 2. The second-order valence-electron chi connectivity index (χ2n) is 9.71. The molecule has 1 unspecified atom stereocenters. The first-order chi connectivity index (χ1) is 17.7. The molecule has 2 aromatic heterocycles. The minimum absolute atomic E-state index is 0.0379. The number of carbonyl (C=O) groups is 2. The van der Waals surface area contributed by atoms with Crippen LogP contribution in [-0.4, -0.2) is 62.3 Å². The van der Waals surface area contributed by atoms with E-state index in [-0.39, 0.29) is 30.3 Å². The van der Waals surface area contributed by atoms with Crippen molar-refractivity contribution in [3.8, 4) is 11.5 Å². The molecule has 4 heterocycles. The summed E-state index contributed by atoms with van der Waals surface area (Å²) in [5, 5.41) is 0. The van der Waals surface area contributed by atoms with Gasteiger partial charge in [0.1, 0.15) is 5.69 Å². The minimum Gasteiger partial charge on any atom is -0.341 e. The monoisotopic (exact) mass is 479 g/mol. The van der Waals surface area contributed by atoms with Gasteiger partial charge in [0, 0.05) is 44.2 Å². The average Bonchev–Trinajstić information content (AvgIpc) is 3.50. The van der Waals surface area contributed by atoms with Gasteiger partial charge in [-0.3, -0.25) is 14.6 Å². The molecular weight excluding hydrogens is 450 g/mol. The van der Waals surface area contributed by atoms with E-state index in [9.17, 15) is 9.59 Å². The Morgan fingerprint density at radius 1 is 0.917 bits per heavy atom. The Kier molecular flexibility index (Phi) is 5.97. The van der Waals surface area contributed by atoms with Crippen molar-refractivity contribution in [1.82, 2.24) is 24.3 Å². The lowest BCUT2D eigenvalue weighted by atomic mass is 9.99. The molecule has 2 aromatic carbocycles. The van der Waals surface area contributed by atoms with Gasteiger partial charge in [0.25, 0.3) is 0 Å². The summed E-state index contributed by atoms with van der Waals surface area (Å²) >= 11 is 0. The van der Waals surface area contributed by atoms with Crippen molar-refractivity contribution in [3.05, 3.63) is 84.6 Å². The number of carbonyl (C=O) groups excluding carboxylic acids is 2. The molecule has 0 radical (unpaired) electrons. The van der Waals surface area contributed by atoms with Crippen LogP contribution >= 0.6 is 0 Å². The molecular formula is C29H29N5O2. The van der Waals surface area contributed by atoms with Crippen LogP contribution in [0.5, 0.6) is 0 Å². The van der Waals surface area contributed by atoms with Gasteiger partial charge in [-0.25, -0.2) is 4.98 Å². The number of nitrogens with zero attached hydrogens (tertiary/aromatic N) is 5. The predicted octanol–water partition coefficient (Wildman–Crippen LogP) is 4.28. The lowest BCUT2D eigenvalue weighted by molar-refractivity contribution is -0.139. The van der Waals surface area contributed by atoms with Crippen LogP contribution in [0.1, 0.15) is 36.8 Å². The SMILES string of the molecule is O=C(CN1CC(c2ccccc2)CC1=O)N1CCC(n2c(-c3ccccn3)nc3ccccc32)CC1. The van der Waals surface area contributed by atoms with Crippen molar-refractivity contribution in [3.63, 3.8) is 0 Å². The van der Waals surface area contributed by atoms with E-state index in [1.165, 1.54) is 0 Å². The molecule has 182 valence electrons. The molecule has 0 spiro atoms. The maximum Gasteiger partial charge on any atom is 0.242 e. The third kappa shape index (κ3) is 4.26. The molecule has 0 N–H and O–H groups in total.